The molecule has 1 aromatic carbocycles. The number of nitrogens with zero attached hydrogens (tertiary/aromatic N) is 2. The Morgan fingerprint density at radius 2 is 1.95 bits per heavy atom. The van der Waals surface area contributed by atoms with Crippen molar-refractivity contribution in [3.8, 4) is 0 Å². The lowest BCUT2D eigenvalue weighted by molar-refractivity contribution is 0.843. The van der Waals surface area contributed by atoms with E-state index in [1.807, 2.05) is 0 Å². The van der Waals surface area contributed by atoms with Gasteiger partial charge >= 0.3 is 0 Å². The number of rotatable bonds is 6. The van der Waals surface area contributed by atoms with Gasteiger partial charge in [-0.15, -0.1) is 0 Å². The number of anilines is 2. The summed E-state index contributed by atoms with van der Waals surface area (Å²) in [5.41, 5.74) is 6.26. The summed E-state index contributed by atoms with van der Waals surface area (Å²) < 4.78 is 0. The highest BCUT2D eigenvalue weighted by Gasteiger charge is 2.13. The van der Waals surface area contributed by atoms with Gasteiger partial charge in [-0.1, -0.05) is 43.7 Å². The first-order chi connectivity index (χ1) is 10.1. The molecule has 0 saturated heterocycles. The summed E-state index contributed by atoms with van der Waals surface area (Å²) in [6.07, 6.45) is 2.48. The van der Waals surface area contributed by atoms with Gasteiger partial charge in [-0.3, -0.25) is 0 Å². The van der Waals surface area contributed by atoms with Crippen LogP contribution in [0.15, 0.2) is 30.6 Å². The summed E-state index contributed by atoms with van der Waals surface area (Å²) in [5.74, 6) is 7.34. The summed E-state index contributed by atoms with van der Waals surface area (Å²) in [6.45, 7) is 7.14. The maximum absolute atomic E-state index is 5.53. The topological polar surface area (TPSA) is 75.9 Å². The van der Waals surface area contributed by atoms with Crippen molar-refractivity contribution in [3.05, 3.63) is 47.3 Å². The van der Waals surface area contributed by atoms with Crippen molar-refractivity contribution in [3.63, 3.8) is 0 Å². The monoisotopic (exact) mass is 285 g/mol. The maximum Gasteiger partial charge on any atom is 0.148 e. The Morgan fingerprint density at radius 1 is 1.19 bits per heavy atom. The first-order valence-electron chi connectivity index (χ1n) is 7.22. The molecule has 0 spiro atoms. The zero-order valence-corrected chi connectivity index (χ0v) is 12.9. The molecule has 0 bridgehead atoms. The molecule has 5 heteroatoms. The van der Waals surface area contributed by atoms with Crippen LogP contribution in [0.4, 0.5) is 11.6 Å². The third-order valence-corrected chi connectivity index (χ3v) is 3.39. The number of nitrogens with two attached hydrogens (primary N) is 1. The van der Waals surface area contributed by atoms with Crippen molar-refractivity contribution in [2.75, 3.05) is 17.3 Å². The zero-order valence-electron chi connectivity index (χ0n) is 12.9. The Labute approximate surface area is 126 Å². The fourth-order valence-corrected chi connectivity index (χ4v) is 2.39. The predicted octanol–water partition coefficient (Wildman–Crippen LogP) is 2.85. The first-order valence-corrected chi connectivity index (χ1v) is 7.22. The number of aryl methyl sites for hydroxylation is 1. The van der Waals surface area contributed by atoms with E-state index in [4.69, 9.17) is 5.84 Å². The summed E-state index contributed by atoms with van der Waals surface area (Å²) in [7, 11) is 0. The summed E-state index contributed by atoms with van der Waals surface area (Å²) in [6, 6.07) is 8.55. The molecule has 0 fully saturated rings. The number of hydrogen-bond donors (Lipinski definition) is 3. The molecular weight excluding hydrogens is 262 g/mol. The van der Waals surface area contributed by atoms with E-state index in [1.54, 1.807) is 0 Å². The Bertz CT molecular complexity index is 595. The van der Waals surface area contributed by atoms with Crippen molar-refractivity contribution >= 4 is 11.6 Å². The molecule has 2 aromatic rings. The molecule has 0 aliphatic heterocycles. The molecule has 1 heterocycles. The number of nitrogens with one attached hydrogen (secondary N) is 2. The number of nitrogen functional groups attached to an aromatic ring is 1. The second kappa shape index (κ2) is 7.04. The number of hydrazine groups is 1. The fourth-order valence-electron chi connectivity index (χ4n) is 2.39. The molecule has 0 amide bonds. The molecule has 0 radical (unpaired) electrons. The van der Waals surface area contributed by atoms with Crippen LogP contribution in [-0.2, 0) is 6.42 Å². The largest absolute Gasteiger partial charge is 0.369 e. The molecule has 4 N–H and O–H groups in total. The lowest BCUT2D eigenvalue weighted by Gasteiger charge is -2.16. The molecule has 2 rings (SSSR count). The van der Waals surface area contributed by atoms with Crippen LogP contribution in [0, 0.1) is 6.92 Å². The SMILES string of the molecule is Cc1cccc(CCNc2ncnc(NN)c2C(C)C)c1. The van der Waals surface area contributed by atoms with Gasteiger partial charge in [0.15, 0.2) is 0 Å². The van der Waals surface area contributed by atoms with Crippen molar-refractivity contribution in [1.82, 2.24) is 9.97 Å². The fraction of sp³-hybridized carbons (Fsp3) is 0.375. The van der Waals surface area contributed by atoms with Crippen LogP contribution in [-0.4, -0.2) is 16.5 Å². The third kappa shape index (κ3) is 3.92. The summed E-state index contributed by atoms with van der Waals surface area (Å²) in [4.78, 5) is 8.51. The standard InChI is InChI=1S/C16H23N5/c1-11(2)14-15(19-10-20-16(14)21-17)18-8-7-13-6-4-5-12(3)9-13/h4-6,9-11H,7-8,17H2,1-3H3,(H2,18,19,20,21). The second-order valence-electron chi connectivity index (χ2n) is 5.45. The maximum atomic E-state index is 5.53. The van der Waals surface area contributed by atoms with E-state index in [0.29, 0.717) is 11.7 Å². The lowest BCUT2D eigenvalue weighted by Crippen LogP contribution is -2.16. The number of hydrogen-bond acceptors (Lipinski definition) is 5. The summed E-state index contributed by atoms with van der Waals surface area (Å²) in [5, 5.41) is 3.39. The van der Waals surface area contributed by atoms with E-state index in [2.05, 4.69) is 65.7 Å². The molecule has 21 heavy (non-hydrogen) atoms. The Balaban J connectivity index is 2.06. The van der Waals surface area contributed by atoms with E-state index in [-0.39, 0.29) is 0 Å². The van der Waals surface area contributed by atoms with E-state index >= 15 is 0 Å². The number of benzene rings is 1. The Morgan fingerprint density at radius 3 is 2.62 bits per heavy atom. The van der Waals surface area contributed by atoms with Gasteiger partial charge in [0, 0.05) is 12.1 Å². The van der Waals surface area contributed by atoms with Crippen LogP contribution in [0.2, 0.25) is 0 Å². The van der Waals surface area contributed by atoms with Gasteiger partial charge in [0.2, 0.25) is 0 Å². The minimum atomic E-state index is 0.290. The van der Waals surface area contributed by atoms with Gasteiger partial charge in [-0.05, 0) is 24.8 Å². The lowest BCUT2D eigenvalue weighted by atomic mass is 10.0. The van der Waals surface area contributed by atoms with E-state index < -0.39 is 0 Å². The van der Waals surface area contributed by atoms with E-state index in [9.17, 15) is 0 Å². The van der Waals surface area contributed by atoms with Crippen molar-refractivity contribution < 1.29 is 0 Å². The van der Waals surface area contributed by atoms with Gasteiger partial charge in [0.25, 0.3) is 0 Å². The van der Waals surface area contributed by atoms with Gasteiger partial charge in [-0.2, -0.15) is 0 Å². The summed E-state index contributed by atoms with van der Waals surface area (Å²) >= 11 is 0. The van der Waals surface area contributed by atoms with Crippen LogP contribution < -0.4 is 16.6 Å². The molecule has 0 saturated carbocycles. The highest BCUT2D eigenvalue weighted by molar-refractivity contribution is 5.58. The Hall–Kier alpha value is -2.14. The predicted molar refractivity (Wildman–Crippen MR) is 87.3 cm³/mol. The van der Waals surface area contributed by atoms with Gasteiger partial charge in [0.05, 0.1) is 0 Å². The zero-order chi connectivity index (χ0) is 15.2. The molecular formula is C16H23N5. The van der Waals surface area contributed by atoms with Crippen molar-refractivity contribution in [2.24, 2.45) is 5.84 Å². The normalized spacial score (nSPS) is 10.7. The third-order valence-electron chi connectivity index (χ3n) is 3.39. The van der Waals surface area contributed by atoms with Gasteiger partial charge in [0.1, 0.15) is 18.0 Å². The van der Waals surface area contributed by atoms with E-state index in [1.165, 1.54) is 17.5 Å². The van der Waals surface area contributed by atoms with E-state index in [0.717, 1.165) is 24.3 Å². The highest BCUT2D eigenvalue weighted by Crippen LogP contribution is 2.27. The van der Waals surface area contributed by atoms with Crippen molar-refractivity contribution in [2.45, 2.75) is 33.1 Å². The van der Waals surface area contributed by atoms with Crippen LogP contribution in [0.25, 0.3) is 0 Å². The molecule has 1 aromatic heterocycles. The molecule has 0 aliphatic rings. The van der Waals surface area contributed by atoms with Crippen LogP contribution in [0.3, 0.4) is 0 Å². The minimum Gasteiger partial charge on any atom is -0.369 e. The van der Waals surface area contributed by atoms with Crippen LogP contribution in [0.1, 0.15) is 36.5 Å². The highest BCUT2D eigenvalue weighted by atomic mass is 15.3. The molecule has 112 valence electrons. The average Bonchev–Trinajstić information content (AvgIpc) is 2.46. The molecule has 0 unspecified atom stereocenters. The van der Waals surface area contributed by atoms with Crippen LogP contribution >= 0.6 is 0 Å². The second-order valence-corrected chi connectivity index (χ2v) is 5.45. The average molecular weight is 285 g/mol. The molecule has 5 nitrogen and oxygen atoms in total. The molecule has 0 atom stereocenters. The first kappa shape index (κ1) is 15.3. The van der Waals surface area contributed by atoms with Gasteiger partial charge in [-0.25, -0.2) is 15.8 Å². The smallest absolute Gasteiger partial charge is 0.148 e. The van der Waals surface area contributed by atoms with Gasteiger partial charge < -0.3 is 10.7 Å². The quantitative estimate of drug-likeness (QED) is 0.562. The Kier molecular flexibility index (Phi) is 5.11. The molecule has 0 aliphatic carbocycles. The minimum absolute atomic E-state index is 0.290. The van der Waals surface area contributed by atoms with Crippen molar-refractivity contribution in [1.29, 1.82) is 0 Å². The van der Waals surface area contributed by atoms with Crippen LogP contribution in [0.5, 0.6) is 0 Å². The number of aromatic nitrogens is 2.